The molecule has 2 aliphatic rings. The number of anilines is 1. The minimum atomic E-state index is -0.936. The number of carbonyl (C=O) groups excluding carboxylic acids is 3. The van der Waals surface area contributed by atoms with Gasteiger partial charge in [-0.2, -0.15) is 0 Å². The number of fused-ring (bicyclic) bond motifs is 1. The monoisotopic (exact) mass is 391 g/mol. The zero-order valence-corrected chi connectivity index (χ0v) is 15.6. The number of amides is 4. The van der Waals surface area contributed by atoms with E-state index in [4.69, 9.17) is 10.9 Å². The molecule has 1 aromatic carbocycles. The molecule has 0 aromatic heterocycles. The first-order valence-corrected chi connectivity index (χ1v) is 9.09. The van der Waals surface area contributed by atoms with Crippen LogP contribution < -0.4 is 16.1 Å². The van der Waals surface area contributed by atoms with Gasteiger partial charge in [-0.15, -0.1) is 0 Å². The third-order valence-corrected chi connectivity index (χ3v) is 4.71. The second-order valence-corrected chi connectivity index (χ2v) is 6.63. The van der Waals surface area contributed by atoms with E-state index in [2.05, 4.69) is 0 Å². The summed E-state index contributed by atoms with van der Waals surface area (Å²) in [6, 6.07) is 20.8. The number of benzene rings is 1. The maximum atomic E-state index is 13.2. The smallest absolute Gasteiger partial charge is 0.326 e. The van der Waals surface area contributed by atoms with Crippen molar-refractivity contribution in [2.24, 2.45) is 11.7 Å². The largest absolute Gasteiger partial charge is 0.351 e. The second kappa shape index (κ2) is 8.99. The van der Waals surface area contributed by atoms with Gasteiger partial charge in [0.1, 0.15) is 0 Å². The van der Waals surface area contributed by atoms with Gasteiger partial charge < -0.3 is 5.73 Å². The minimum absolute atomic E-state index is 0.205. The molecule has 0 bridgehead atoms. The molecule has 7 nitrogen and oxygen atoms in total. The lowest BCUT2D eigenvalue weighted by Gasteiger charge is -2.24. The molecular formula is C22H21N3O4. The van der Waals surface area contributed by atoms with Crippen LogP contribution in [0.2, 0.25) is 0 Å². The van der Waals surface area contributed by atoms with Gasteiger partial charge in [0.05, 0.1) is 11.6 Å². The van der Waals surface area contributed by atoms with E-state index in [9.17, 15) is 14.4 Å². The Bertz CT molecular complexity index is 990. The molecule has 148 valence electrons. The van der Waals surface area contributed by atoms with Gasteiger partial charge in [0.15, 0.2) is 0 Å². The van der Waals surface area contributed by atoms with Crippen LogP contribution >= 0.6 is 0 Å². The van der Waals surface area contributed by atoms with Crippen molar-refractivity contribution >= 4 is 23.5 Å². The molecule has 7 heteroatoms. The fraction of sp³-hybridized carbons (Fsp3) is 0.136. The van der Waals surface area contributed by atoms with Crippen molar-refractivity contribution in [3.05, 3.63) is 78.4 Å². The van der Waals surface area contributed by atoms with Crippen LogP contribution in [-0.2, 0) is 16.0 Å². The maximum absolute atomic E-state index is 13.2. The molecule has 0 radical (unpaired) electrons. The maximum Gasteiger partial charge on any atom is 0.326 e. The minimum Gasteiger partial charge on any atom is -0.351 e. The summed E-state index contributed by atoms with van der Waals surface area (Å²) >= 11 is 0. The molecule has 0 heterocycles. The van der Waals surface area contributed by atoms with E-state index >= 15 is 0 Å². The van der Waals surface area contributed by atoms with Crippen molar-refractivity contribution in [3.63, 3.8) is 0 Å². The molecule has 0 unspecified atom stereocenters. The summed E-state index contributed by atoms with van der Waals surface area (Å²) in [7, 11) is 0. The highest BCUT2D eigenvalue weighted by atomic mass is 16.5. The van der Waals surface area contributed by atoms with Gasteiger partial charge in [0.25, 0.3) is 0 Å². The summed E-state index contributed by atoms with van der Waals surface area (Å²) in [6.07, 6.45) is -0.0893. The highest BCUT2D eigenvalue weighted by Gasteiger charge is 2.31. The Hall–Kier alpha value is -3.71. The molecule has 4 amide bonds. The lowest BCUT2D eigenvalue weighted by atomic mass is 9.93. The van der Waals surface area contributed by atoms with Crippen LogP contribution in [0, 0.1) is 5.92 Å². The number of urea groups is 1. The van der Waals surface area contributed by atoms with E-state index in [0.29, 0.717) is 5.69 Å². The van der Waals surface area contributed by atoms with Crippen molar-refractivity contribution in [2.75, 3.05) is 4.90 Å². The average Bonchev–Trinajstić information content (AvgIpc) is 2.94. The lowest BCUT2D eigenvalue weighted by molar-refractivity contribution is -0.133. The molecule has 4 N–H and O–H groups in total. The average molecular weight is 391 g/mol. The van der Waals surface area contributed by atoms with Gasteiger partial charge in [0, 0.05) is 6.42 Å². The van der Waals surface area contributed by atoms with Crippen molar-refractivity contribution in [1.29, 1.82) is 0 Å². The number of nitrogens with two attached hydrogens (primary N) is 1. The zero-order chi connectivity index (χ0) is 20.8. The Morgan fingerprint density at radius 3 is 2.24 bits per heavy atom. The van der Waals surface area contributed by atoms with E-state index in [1.807, 2.05) is 42.5 Å². The number of nitrogens with one attached hydrogen (secondary N) is 1. The van der Waals surface area contributed by atoms with E-state index < -0.39 is 23.8 Å². The number of para-hydroxylation sites is 1. The van der Waals surface area contributed by atoms with Gasteiger partial charge >= 0.3 is 6.03 Å². The molecule has 0 aliphatic heterocycles. The molecule has 0 saturated heterocycles. The Kier molecular flexibility index (Phi) is 6.21. The molecule has 3 rings (SSSR count). The Morgan fingerprint density at radius 1 is 0.931 bits per heavy atom. The summed E-state index contributed by atoms with van der Waals surface area (Å²) in [4.78, 5) is 38.0. The molecule has 0 spiro atoms. The molecule has 29 heavy (non-hydrogen) atoms. The molecule has 2 aliphatic carbocycles. The topological polar surface area (TPSA) is 113 Å². The SMILES string of the molecule is NC(=O)N(C(=O)[C@@H](CC(=O)NO)Cc1ccc2cccccc1-2)c1ccccc1. The van der Waals surface area contributed by atoms with Crippen LogP contribution in [0.1, 0.15) is 12.0 Å². The Balaban J connectivity index is 1.95. The normalized spacial score (nSPS) is 11.6. The van der Waals surface area contributed by atoms with E-state index in [-0.39, 0.29) is 12.8 Å². The summed E-state index contributed by atoms with van der Waals surface area (Å²) in [5.74, 6) is -2.23. The molecular weight excluding hydrogens is 370 g/mol. The quantitative estimate of drug-likeness (QED) is 0.443. The third kappa shape index (κ3) is 4.59. The summed E-state index contributed by atoms with van der Waals surface area (Å²) < 4.78 is 0. The summed E-state index contributed by atoms with van der Waals surface area (Å²) in [5.41, 5.74) is 10.1. The van der Waals surface area contributed by atoms with Crippen LogP contribution in [0.15, 0.2) is 72.8 Å². The predicted molar refractivity (Wildman–Crippen MR) is 108 cm³/mol. The Labute approximate surface area is 168 Å². The fourth-order valence-corrected chi connectivity index (χ4v) is 3.36. The molecule has 0 fully saturated rings. The summed E-state index contributed by atoms with van der Waals surface area (Å²) in [6.45, 7) is 0. The first kappa shape index (κ1) is 20.0. The van der Waals surface area contributed by atoms with Gasteiger partial charge in [-0.25, -0.2) is 15.2 Å². The fourth-order valence-electron chi connectivity index (χ4n) is 3.36. The number of primary amides is 1. The van der Waals surface area contributed by atoms with Crippen LogP contribution in [0.4, 0.5) is 10.5 Å². The van der Waals surface area contributed by atoms with Gasteiger partial charge in [-0.1, -0.05) is 60.7 Å². The number of hydroxylamine groups is 1. The molecule has 1 aromatic rings. The first-order chi connectivity index (χ1) is 14.0. The highest BCUT2D eigenvalue weighted by molar-refractivity contribution is 6.15. The van der Waals surface area contributed by atoms with Crippen LogP contribution in [0.3, 0.4) is 0 Å². The number of hydrogen-bond acceptors (Lipinski definition) is 4. The van der Waals surface area contributed by atoms with Crippen LogP contribution in [0.25, 0.3) is 11.1 Å². The lowest BCUT2D eigenvalue weighted by Crippen LogP contribution is -2.45. The molecule has 1 atom stereocenters. The zero-order valence-electron chi connectivity index (χ0n) is 15.6. The van der Waals surface area contributed by atoms with E-state index in [1.165, 1.54) is 0 Å². The number of nitrogens with zero attached hydrogens (tertiary/aromatic N) is 1. The third-order valence-electron chi connectivity index (χ3n) is 4.71. The molecule has 0 saturated carbocycles. The second-order valence-electron chi connectivity index (χ2n) is 6.63. The number of imide groups is 1. The number of rotatable bonds is 6. The van der Waals surface area contributed by atoms with Gasteiger partial charge in [-0.05, 0) is 35.2 Å². The Morgan fingerprint density at radius 2 is 1.59 bits per heavy atom. The number of hydrogen-bond donors (Lipinski definition) is 3. The predicted octanol–water partition coefficient (Wildman–Crippen LogP) is 2.96. The first-order valence-electron chi connectivity index (χ1n) is 9.09. The van der Waals surface area contributed by atoms with Crippen molar-refractivity contribution < 1.29 is 19.6 Å². The van der Waals surface area contributed by atoms with E-state index in [0.717, 1.165) is 21.6 Å². The van der Waals surface area contributed by atoms with Crippen molar-refractivity contribution in [1.82, 2.24) is 5.48 Å². The number of carbonyl (C=O) groups is 3. The standard InChI is InChI=1S/C22H21N3O4/c23-22(28)25(18-8-4-2-5-9-18)21(27)17(14-20(26)24-29)13-16-12-11-15-7-3-1-6-10-19(15)16/h1-12,17,29H,13-14H2,(H2,23,28)(H,24,26)/t17-/m1/s1. The van der Waals surface area contributed by atoms with E-state index in [1.54, 1.807) is 35.8 Å². The highest BCUT2D eigenvalue weighted by Crippen LogP contribution is 2.30. The van der Waals surface area contributed by atoms with Gasteiger partial charge in [-0.3, -0.25) is 14.8 Å². The van der Waals surface area contributed by atoms with Crippen molar-refractivity contribution in [3.8, 4) is 11.1 Å². The van der Waals surface area contributed by atoms with Gasteiger partial charge in [0.2, 0.25) is 11.8 Å². The van der Waals surface area contributed by atoms with Crippen LogP contribution in [-0.4, -0.2) is 23.1 Å². The summed E-state index contributed by atoms with van der Waals surface area (Å²) in [5, 5.41) is 8.95. The van der Waals surface area contributed by atoms with Crippen molar-refractivity contribution in [2.45, 2.75) is 12.8 Å². The van der Waals surface area contributed by atoms with Crippen LogP contribution in [0.5, 0.6) is 0 Å².